The molecule has 1 fully saturated rings. The molecule has 0 radical (unpaired) electrons. The lowest BCUT2D eigenvalue weighted by atomic mass is 9.72. The van der Waals surface area contributed by atoms with Gasteiger partial charge in [0.2, 0.25) is 0 Å². The van der Waals surface area contributed by atoms with Gasteiger partial charge in [0.25, 0.3) is 0 Å². The molecule has 1 amide bonds. The molecule has 2 heterocycles. The molecule has 0 unspecified atom stereocenters. The van der Waals surface area contributed by atoms with Crippen LogP contribution in [0.15, 0.2) is 77.5 Å². The molecule has 5 nitrogen and oxygen atoms in total. The number of pyridine rings is 1. The molecule has 144 valence electrons. The summed E-state index contributed by atoms with van der Waals surface area (Å²) in [6.45, 7) is 0. The first-order valence-corrected chi connectivity index (χ1v) is 9.70. The molecule has 1 aliphatic carbocycles. The summed E-state index contributed by atoms with van der Waals surface area (Å²) in [5.74, 6) is 0.791. The molecule has 0 atom stereocenters. The SMILES string of the molecule is O=C(O)NC1(c2ccc(-c3oc4ccncc4c3-c3ccccc3)cc2)CCC1. The van der Waals surface area contributed by atoms with Gasteiger partial charge in [0.15, 0.2) is 0 Å². The van der Waals surface area contributed by atoms with E-state index in [1.54, 1.807) is 6.20 Å². The summed E-state index contributed by atoms with van der Waals surface area (Å²) in [5.41, 5.74) is 4.36. The van der Waals surface area contributed by atoms with Crippen molar-refractivity contribution in [2.75, 3.05) is 0 Å². The van der Waals surface area contributed by atoms with Crippen LogP contribution in [0.1, 0.15) is 24.8 Å². The van der Waals surface area contributed by atoms with Crippen molar-refractivity contribution in [1.29, 1.82) is 0 Å². The van der Waals surface area contributed by atoms with Gasteiger partial charge in [0.05, 0.1) is 5.54 Å². The summed E-state index contributed by atoms with van der Waals surface area (Å²) in [4.78, 5) is 15.5. The van der Waals surface area contributed by atoms with Crippen LogP contribution in [0, 0.1) is 0 Å². The van der Waals surface area contributed by atoms with Crippen LogP contribution in [0.25, 0.3) is 33.4 Å². The number of hydrogen-bond acceptors (Lipinski definition) is 3. The van der Waals surface area contributed by atoms with E-state index >= 15 is 0 Å². The Balaban J connectivity index is 1.61. The highest BCUT2D eigenvalue weighted by atomic mass is 16.4. The monoisotopic (exact) mass is 384 g/mol. The van der Waals surface area contributed by atoms with Crippen molar-refractivity contribution in [1.82, 2.24) is 10.3 Å². The van der Waals surface area contributed by atoms with Gasteiger partial charge in [-0.15, -0.1) is 0 Å². The van der Waals surface area contributed by atoms with Crippen molar-refractivity contribution in [3.63, 3.8) is 0 Å². The first-order valence-electron chi connectivity index (χ1n) is 9.70. The van der Waals surface area contributed by atoms with Gasteiger partial charge in [-0.25, -0.2) is 4.79 Å². The Morgan fingerprint density at radius 2 is 1.76 bits per heavy atom. The van der Waals surface area contributed by atoms with E-state index in [1.807, 2.05) is 54.7 Å². The predicted octanol–water partition coefficient (Wildman–Crippen LogP) is 5.81. The van der Waals surface area contributed by atoms with Crippen LogP contribution in [0.2, 0.25) is 0 Å². The van der Waals surface area contributed by atoms with Crippen molar-refractivity contribution >= 4 is 17.1 Å². The van der Waals surface area contributed by atoms with Crippen LogP contribution in [0.3, 0.4) is 0 Å². The van der Waals surface area contributed by atoms with Crippen LogP contribution in [0.4, 0.5) is 4.79 Å². The van der Waals surface area contributed by atoms with Crippen molar-refractivity contribution in [3.8, 4) is 22.5 Å². The third-order valence-corrected chi connectivity index (χ3v) is 5.80. The van der Waals surface area contributed by atoms with Crippen LogP contribution < -0.4 is 5.32 Å². The summed E-state index contributed by atoms with van der Waals surface area (Å²) >= 11 is 0. The number of rotatable bonds is 4. The number of amides is 1. The molecule has 0 saturated heterocycles. The third kappa shape index (κ3) is 2.95. The quantitative estimate of drug-likeness (QED) is 0.466. The van der Waals surface area contributed by atoms with E-state index in [-0.39, 0.29) is 0 Å². The van der Waals surface area contributed by atoms with E-state index in [0.29, 0.717) is 0 Å². The van der Waals surface area contributed by atoms with Gasteiger partial charge in [0.1, 0.15) is 11.3 Å². The topological polar surface area (TPSA) is 75.4 Å². The fourth-order valence-corrected chi connectivity index (χ4v) is 4.20. The molecule has 1 saturated carbocycles. The van der Waals surface area contributed by atoms with Crippen molar-refractivity contribution in [3.05, 3.63) is 78.6 Å². The molecule has 2 aromatic heterocycles. The van der Waals surface area contributed by atoms with Gasteiger partial charge < -0.3 is 14.8 Å². The largest absolute Gasteiger partial charge is 0.465 e. The lowest BCUT2D eigenvalue weighted by Gasteiger charge is -2.42. The Bertz CT molecular complexity index is 1180. The maximum absolute atomic E-state index is 11.2. The highest BCUT2D eigenvalue weighted by Gasteiger charge is 2.40. The van der Waals surface area contributed by atoms with Gasteiger partial charge in [-0.2, -0.15) is 0 Å². The fraction of sp³-hybridized carbons (Fsp3) is 0.167. The van der Waals surface area contributed by atoms with E-state index in [0.717, 1.165) is 58.2 Å². The van der Waals surface area contributed by atoms with Crippen molar-refractivity contribution in [2.45, 2.75) is 24.8 Å². The lowest BCUT2D eigenvalue weighted by molar-refractivity contribution is 0.144. The number of nitrogens with one attached hydrogen (secondary N) is 1. The molecule has 0 spiro atoms. The summed E-state index contributed by atoms with van der Waals surface area (Å²) in [5, 5.41) is 12.9. The van der Waals surface area contributed by atoms with Gasteiger partial charge >= 0.3 is 6.09 Å². The minimum Gasteiger partial charge on any atom is -0.465 e. The Morgan fingerprint density at radius 3 is 2.41 bits per heavy atom. The van der Waals surface area contributed by atoms with Gasteiger partial charge in [-0.05, 0) is 36.5 Å². The number of fused-ring (bicyclic) bond motifs is 1. The molecule has 1 aliphatic rings. The van der Waals surface area contributed by atoms with E-state index in [1.165, 1.54) is 0 Å². The van der Waals surface area contributed by atoms with E-state index < -0.39 is 11.6 Å². The first-order chi connectivity index (χ1) is 14.2. The van der Waals surface area contributed by atoms with Crippen LogP contribution in [0.5, 0.6) is 0 Å². The highest BCUT2D eigenvalue weighted by Crippen LogP contribution is 2.44. The number of nitrogens with zero attached hydrogens (tertiary/aromatic N) is 1. The molecule has 2 N–H and O–H groups in total. The molecule has 2 aromatic carbocycles. The third-order valence-electron chi connectivity index (χ3n) is 5.80. The predicted molar refractivity (Wildman–Crippen MR) is 112 cm³/mol. The number of carbonyl (C=O) groups is 1. The molecule has 5 rings (SSSR count). The van der Waals surface area contributed by atoms with Crippen LogP contribution in [-0.2, 0) is 5.54 Å². The van der Waals surface area contributed by atoms with E-state index in [9.17, 15) is 9.90 Å². The summed E-state index contributed by atoms with van der Waals surface area (Å²) in [6, 6.07) is 20.0. The Labute approximate surface area is 168 Å². The van der Waals surface area contributed by atoms with Gasteiger partial charge in [-0.3, -0.25) is 4.98 Å². The van der Waals surface area contributed by atoms with Crippen LogP contribution >= 0.6 is 0 Å². The average molecular weight is 384 g/mol. The van der Waals surface area contributed by atoms with E-state index in [4.69, 9.17) is 4.42 Å². The highest BCUT2D eigenvalue weighted by molar-refractivity contribution is 6.01. The molecule has 0 bridgehead atoms. The summed E-state index contributed by atoms with van der Waals surface area (Å²) in [7, 11) is 0. The average Bonchev–Trinajstić information content (AvgIpc) is 3.11. The number of furan rings is 1. The summed E-state index contributed by atoms with van der Waals surface area (Å²) in [6.07, 6.45) is 5.25. The zero-order valence-corrected chi connectivity index (χ0v) is 15.8. The second-order valence-electron chi connectivity index (χ2n) is 7.49. The zero-order chi connectivity index (χ0) is 19.8. The number of benzene rings is 2. The molecule has 0 aliphatic heterocycles. The minimum absolute atomic E-state index is 0.468. The maximum atomic E-state index is 11.2. The Morgan fingerprint density at radius 1 is 1.00 bits per heavy atom. The maximum Gasteiger partial charge on any atom is 0.405 e. The van der Waals surface area contributed by atoms with Gasteiger partial charge in [-0.1, -0.05) is 54.6 Å². The zero-order valence-electron chi connectivity index (χ0n) is 15.8. The van der Waals surface area contributed by atoms with Gasteiger partial charge in [0, 0.05) is 28.9 Å². The molecule has 5 heteroatoms. The Hall–Kier alpha value is -3.60. The number of carboxylic acid groups (broad SMARTS) is 1. The van der Waals surface area contributed by atoms with E-state index in [2.05, 4.69) is 22.4 Å². The minimum atomic E-state index is -0.982. The number of hydrogen-bond donors (Lipinski definition) is 2. The fourth-order valence-electron chi connectivity index (χ4n) is 4.20. The smallest absolute Gasteiger partial charge is 0.405 e. The molecule has 29 heavy (non-hydrogen) atoms. The summed E-state index contributed by atoms with van der Waals surface area (Å²) < 4.78 is 6.22. The van der Waals surface area contributed by atoms with Crippen molar-refractivity contribution in [2.24, 2.45) is 0 Å². The molecule has 4 aromatic rings. The number of aromatic nitrogens is 1. The molecular formula is C24H20N2O3. The van der Waals surface area contributed by atoms with Crippen molar-refractivity contribution < 1.29 is 14.3 Å². The van der Waals surface area contributed by atoms with Crippen LogP contribution in [-0.4, -0.2) is 16.2 Å². The second-order valence-corrected chi connectivity index (χ2v) is 7.49. The lowest BCUT2D eigenvalue weighted by Crippen LogP contribution is -2.50. The normalized spacial score (nSPS) is 15.0. The second kappa shape index (κ2) is 6.78. The standard InChI is InChI=1S/C24H20N2O3/c27-23(28)26-24(12-4-13-24)18-9-7-17(8-10-18)22-21(16-5-2-1-3-6-16)19-15-25-14-11-20(19)29-22/h1-3,5-11,14-15,26H,4,12-13H2,(H,27,28). The molecular weight excluding hydrogens is 364 g/mol. The first kappa shape index (κ1) is 17.5. The Kier molecular flexibility index (Phi) is 4.09.